The van der Waals surface area contributed by atoms with Gasteiger partial charge in [0.1, 0.15) is 6.10 Å². The van der Waals surface area contributed by atoms with E-state index in [-0.39, 0.29) is 5.97 Å². The van der Waals surface area contributed by atoms with Crippen molar-refractivity contribution in [1.29, 1.82) is 0 Å². The number of ether oxygens (including phenoxy) is 1. The van der Waals surface area contributed by atoms with Crippen LogP contribution in [0.2, 0.25) is 0 Å². The molecule has 0 unspecified atom stereocenters. The third-order valence-electron chi connectivity index (χ3n) is 1.64. The lowest BCUT2D eigenvalue weighted by Gasteiger charge is -2.14. The van der Waals surface area contributed by atoms with Crippen LogP contribution in [0.3, 0.4) is 0 Å². The van der Waals surface area contributed by atoms with Gasteiger partial charge in [0.25, 0.3) is 0 Å². The monoisotopic (exact) mass is 156 g/mol. The molecule has 0 aromatic heterocycles. The van der Waals surface area contributed by atoms with Crippen molar-refractivity contribution in [1.82, 2.24) is 0 Å². The van der Waals surface area contributed by atoms with Crippen LogP contribution in [-0.2, 0) is 9.53 Å². The van der Waals surface area contributed by atoms with Crippen molar-refractivity contribution in [3.8, 4) is 0 Å². The summed E-state index contributed by atoms with van der Waals surface area (Å²) in [5, 5.41) is 9.34. The Morgan fingerprint density at radius 2 is 2.55 bits per heavy atom. The third-order valence-corrected chi connectivity index (χ3v) is 1.64. The van der Waals surface area contributed by atoms with Crippen LogP contribution in [0.25, 0.3) is 0 Å². The quantitative estimate of drug-likeness (QED) is 0.609. The molecule has 1 heterocycles. The summed E-state index contributed by atoms with van der Waals surface area (Å²) in [7, 11) is 0. The standard InChI is InChI=1S/C8H12O3/c1-2-3-6(9)7-4-5-8(10)11-7/h4-7,9H,2-3H2,1H3/t6-,7+/m0/s1. The molecule has 0 fully saturated rings. The Balaban J connectivity index is 2.37. The van der Waals surface area contributed by atoms with Gasteiger partial charge in [-0.05, 0) is 12.5 Å². The summed E-state index contributed by atoms with van der Waals surface area (Å²) >= 11 is 0. The van der Waals surface area contributed by atoms with E-state index >= 15 is 0 Å². The lowest BCUT2D eigenvalue weighted by Crippen LogP contribution is -2.25. The predicted molar refractivity (Wildman–Crippen MR) is 39.9 cm³/mol. The molecule has 11 heavy (non-hydrogen) atoms. The van der Waals surface area contributed by atoms with Crippen molar-refractivity contribution < 1.29 is 14.6 Å². The molecular weight excluding hydrogens is 144 g/mol. The fourth-order valence-electron chi connectivity index (χ4n) is 1.05. The minimum atomic E-state index is -0.539. The summed E-state index contributed by atoms with van der Waals surface area (Å²) in [5.41, 5.74) is 0. The Morgan fingerprint density at radius 3 is 3.00 bits per heavy atom. The topological polar surface area (TPSA) is 46.5 Å². The predicted octanol–water partition coefficient (Wildman–Crippen LogP) is 0.629. The zero-order valence-electron chi connectivity index (χ0n) is 6.49. The van der Waals surface area contributed by atoms with Gasteiger partial charge >= 0.3 is 5.97 Å². The smallest absolute Gasteiger partial charge is 0.331 e. The average Bonchev–Trinajstić information content (AvgIpc) is 2.36. The lowest BCUT2D eigenvalue weighted by atomic mass is 10.1. The first kappa shape index (κ1) is 8.27. The highest BCUT2D eigenvalue weighted by Gasteiger charge is 2.23. The fraction of sp³-hybridized carbons (Fsp3) is 0.625. The van der Waals surface area contributed by atoms with Crippen molar-refractivity contribution in [2.75, 3.05) is 0 Å². The van der Waals surface area contributed by atoms with Gasteiger partial charge in [0.2, 0.25) is 0 Å². The van der Waals surface area contributed by atoms with Crippen molar-refractivity contribution in [3.05, 3.63) is 12.2 Å². The Bertz CT molecular complexity index is 174. The summed E-state index contributed by atoms with van der Waals surface area (Å²) in [4.78, 5) is 10.5. The molecule has 2 atom stereocenters. The van der Waals surface area contributed by atoms with Gasteiger partial charge in [0, 0.05) is 6.08 Å². The molecular formula is C8H12O3. The van der Waals surface area contributed by atoms with Crippen LogP contribution < -0.4 is 0 Å². The fourth-order valence-corrected chi connectivity index (χ4v) is 1.05. The zero-order valence-corrected chi connectivity index (χ0v) is 6.49. The molecule has 1 aliphatic rings. The van der Waals surface area contributed by atoms with Crippen molar-refractivity contribution in [2.24, 2.45) is 0 Å². The second-order valence-electron chi connectivity index (χ2n) is 2.62. The van der Waals surface area contributed by atoms with E-state index in [9.17, 15) is 9.90 Å². The van der Waals surface area contributed by atoms with Gasteiger partial charge in [-0.3, -0.25) is 0 Å². The number of hydrogen-bond acceptors (Lipinski definition) is 3. The van der Waals surface area contributed by atoms with E-state index in [1.807, 2.05) is 6.92 Å². The number of carbonyl (C=O) groups is 1. The normalized spacial score (nSPS) is 25.3. The molecule has 0 radical (unpaired) electrons. The summed E-state index contributed by atoms with van der Waals surface area (Å²) in [5.74, 6) is -0.356. The maximum atomic E-state index is 10.5. The molecule has 1 rings (SSSR count). The summed E-state index contributed by atoms with van der Waals surface area (Å²) in [6.07, 6.45) is 3.56. The van der Waals surface area contributed by atoms with E-state index in [2.05, 4.69) is 0 Å². The Labute approximate surface area is 65.7 Å². The molecule has 1 N–H and O–H groups in total. The van der Waals surface area contributed by atoms with Gasteiger partial charge in [-0.1, -0.05) is 13.3 Å². The minimum Gasteiger partial charge on any atom is -0.452 e. The number of esters is 1. The molecule has 1 aliphatic heterocycles. The summed E-state index contributed by atoms with van der Waals surface area (Å²) in [6.45, 7) is 1.98. The molecule has 0 saturated carbocycles. The maximum absolute atomic E-state index is 10.5. The van der Waals surface area contributed by atoms with Crippen molar-refractivity contribution >= 4 is 5.97 Å². The molecule has 0 amide bonds. The number of rotatable bonds is 3. The van der Waals surface area contributed by atoms with Crippen LogP contribution in [0.1, 0.15) is 19.8 Å². The molecule has 0 aromatic carbocycles. The molecule has 3 heteroatoms. The maximum Gasteiger partial charge on any atom is 0.331 e. The first-order valence-corrected chi connectivity index (χ1v) is 3.81. The van der Waals surface area contributed by atoms with Crippen LogP contribution >= 0.6 is 0 Å². The van der Waals surface area contributed by atoms with E-state index in [1.165, 1.54) is 6.08 Å². The number of aliphatic hydroxyl groups excluding tert-OH is 1. The van der Waals surface area contributed by atoms with Crippen molar-refractivity contribution in [2.45, 2.75) is 32.0 Å². The van der Waals surface area contributed by atoms with E-state index in [1.54, 1.807) is 6.08 Å². The molecule has 0 saturated heterocycles. The van der Waals surface area contributed by atoms with E-state index in [0.717, 1.165) is 6.42 Å². The molecule has 0 aromatic rings. The van der Waals surface area contributed by atoms with Crippen LogP contribution in [0.15, 0.2) is 12.2 Å². The highest BCUT2D eigenvalue weighted by Crippen LogP contribution is 2.12. The third kappa shape index (κ3) is 2.05. The number of carbonyl (C=O) groups excluding carboxylic acids is 1. The largest absolute Gasteiger partial charge is 0.452 e. The van der Waals surface area contributed by atoms with Gasteiger partial charge in [0.15, 0.2) is 0 Å². The number of hydrogen-bond donors (Lipinski definition) is 1. The zero-order chi connectivity index (χ0) is 8.27. The van der Waals surface area contributed by atoms with Gasteiger partial charge in [-0.2, -0.15) is 0 Å². The van der Waals surface area contributed by atoms with Gasteiger partial charge in [-0.15, -0.1) is 0 Å². The van der Waals surface area contributed by atoms with Crippen molar-refractivity contribution in [3.63, 3.8) is 0 Å². The Morgan fingerprint density at radius 1 is 1.82 bits per heavy atom. The molecule has 62 valence electrons. The summed E-state index contributed by atoms with van der Waals surface area (Å²) in [6, 6.07) is 0. The van der Waals surface area contributed by atoms with Crippen LogP contribution in [0, 0.1) is 0 Å². The highest BCUT2D eigenvalue weighted by molar-refractivity contribution is 5.84. The van der Waals surface area contributed by atoms with Crippen LogP contribution in [0.5, 0.6) is 0 Å². The molecule has 0 bridgehead atoms. The second kappa shape index (κ2) is 3.53. The summed E-state index contributed by atoms with van der Waals surface area (Å²) < 4.78 is 4.78. The Hall–Kier alpha value is -0.830. The van der Waals surface area contributed by atoms with Crippen LogP contribution in [-0.4, -0.2) is 23.3 Å². The average molecular weight is 156 g/mol. The Kier molecular flexibility index (Phi) is 2.65. The number of cyclic esters (lactones) is 1. The van der Waals surface area contributed by atoms with E-state index < -0.39 is 12.2 Å². The number of aliphatic hydroxyl groups is 1. The highest BCUT2D eigenvalue weighted by atomic mass is 16.6. The van der Waals surface area contributed by atoms with E-state index in [0.29, 0.717) is 6.42 Å². The molecule has 0 spiro atoms. The first-order valence-electron chi connectivity index (χ1n) is 3.81. The SMILES string of the molecule is CCC[C@H](O)[C@H]1C=CC(=O)O1. The second-order valence-corrected chi connectivity index (χ2v) is 2.62. The minimum absolute atomic E-state index is 0.356. The van der Waals surface area contributed by atoms with Gasteiger partial charge < -0.3 is 9.84 Å². The molecule has 0 aliphatic carbocycles. The lowest BCUT2D eigenvalue weighted by molar-refractivity contribution is -0.142. The van der Waals surface area contributed by atoms with E-state index in [4.69, 9.17) is 4.74 Å². The molecule has 3 nitrogen and oxygen atoms in total. The van der Waals surface area contributed by atoms with Gasteiger partial charge in [0.05, 0.1) is 6.10 Å². The first-order chi connectivity index (χ1) is 5.24. The van der Waals surface area contributed by atoms with Gasteiger partial charge in [-0.25, -0.2) is 4.79 Å². The van der Waals surface area contributed by atoms with Crippen LogP contribution in [0.4, 0.5) is 0 Å².